The largest absolute Gasteiger partial charge is 0.294 e. The first-order chi connectivity index (χ1) is 7.95. The van der Waals surface area contributed by atoms with Gasteiger partial charge in [-0.15, -0.1) is 0 Å². The van der Waals surface area contributed by atoms with E-state index in [0.717, 1.165) is 18.9 Å². The van der Waals surface area contributed by atoms with Crippen LogP contribution in [0.25, 0.3) is 0 Å². The number of hydrogen-bond donors (Lipinski definition) is 0. The number of benzene rings is 1. The molecule has 1 aromatic carbocycles. The van der Waals surface area contributed by atoms with Crippen LogP contribution >= 0.6 is 0 Å². The second kappa shape index (κ2) is 5.89. The van der Waals surface area contributed by atoms with Crippen LogP contribution in [0.15, 0.2) is 12.1 Å². The second-order valence-corrected chi connectivity index (χ2v) is 4.60. The molecule has 0 fully saturated rings. The van der Waals surface area contributed by atoms with Crippen LogP contribution in [0.5, 0.6) is 0 Å². The van der Waals surface area contributed by atoms with E-state index in [4.69, 9.17) is 0 Å². The summed E-state index contributed by atoms with van der Waals surface area (Å²) in [6.07, 6.45) is 2.25. The molecule has 17 heavy (non-hydrogen) atoms. The zero-order chi connectivity index (χ0) is 13.0. The van der Waals surface area contributed by atoms with Crippen molar-refractivity contribution in [2.24, 2.45) is 5.92 Å². The van der Waals surface area contributed by atoms with Gasteiger partial charge in [0, 0.05) is 12.5 Å². The van der Waals surface area contributed by atoms with Gasteiger partial charge in [0.15, 0.2) is 5.78 Å². The van der Waals surface area contributed by atoms with E-state index >= 15 is 0 Å². The molecule has 0 bridgehead atoms. The van der Waals surface area contributed by atoms with Crippen LogP contribution in [-0.2, 0) is 0 Å². The van der Waals surface area contributed by atoms with Crippen molar-refractivity contribution in [2.75, 3.05) is 0 Å². The number of carbonyl (C=O) groups excluding carboxylic acids is 1. The third-order valence-corrected chi connectivity index (χ3v) is 2.86. The number of ketones is 1. The van der Waals surface area contributed by atoms with Crippen LogP contribution in [-0.4, -0.2) is 5.78 Å². The Balaban J connectivity index is 2.86. The number of rotatable bonds is 5. The first-order valence-corrected chi connectivity index (χ1v) is 5.94. The number of hydrogen-bond acceptors (Lipinski definition) is 1. The molecule has 1 unspecified atom stereocenters. The fourth-order valence-electron chi connectivity index (χ4n) is 1.89. The fourth-order valence-corrected chi connectivity index (χ4v) is 1.89. The Morgan fingerprint density at radius 3 is 2.53 bits per heavy atom. The van der Waals surface area contributed by atoms with E-state index in [1.165, 1.54) is 13.0 Å². The molecule has 0 aromatic heterocycles. The van der Waals surface area contributed by atoms with E-state index in [0.29, 0.717) is 12.0 Å². The lowest BCUT2D eigenvalue weighted by Crippen LogP contribution is -2.09. The first kappa shape index (κ1) is 13.8. The number of halogens is 2. The van der Waals surface area contributed by atoms with Gasteiger partial charge in [-0.25, -0.2) is 8.78 Å². The van der Waals surface area contributed by atoms with Crippen molar-refractivity contribution < 1.29 is 13.6 Å². The van der Waals surface area contributed by atoms with Crippen LogP contribution in [0.3, 0.4) is 0 Å². The molecule has 0 aliphatic heterocycles. The van der Waals surface area contributed by atoms with Crippen molar-refractivity contribution in [3.05, 3.63) is 34.9 Å². The normalized spacial score (nSPS) is 12.5. The van der Waals surface area contributed by atoms with Crippen molar-refractivity contribution in [1.82, 2.24) is 0 Å². The molecule has 1 aromatic rings. The molecule has 1 nitrogen and oxygen atoms in total. The monoisotopic (exact) mass is 240 g/mol. The summed E-state index contributed by atoms with van der Waals surface area (Å²) in [6, 6.07) is 2.08. The summed E-state index contributed by atoms with van der Waals surface area (Å²) in [5, 5.41) is 0. The van der Waals surface area contributed by atoms with Crippen molar-refractivity contribution in [3.8, 4) is 0 Å². The smallest absolute Gasteiger partial charge is 0.166 e. The third-order valence-electron chi connectivity index (χ3n) is 2.86. The fraction of sp³-hybridized carbons (Fsp3) is 0.500. The molecule has 0 heterocycles. The van der Waals surface area contributed by atoms with Crippen LogP contribution in [0.4, 0.5) is 8.78 Å². The first-order valence-electron chi connectivity index (χ1n) is 5.94. The van der Waals surface area contributed by atoms with Crippen LogP contribution < -0.4 is 0 Å². The summed E-state index contributed by atoms with van der Waals surface area (Å²) < 4.78 is 26.5. The minimum atomic E-state index is -0.762. The van der Waals surface area contributed by atoms with Gasteiger partial charge in [0.1, 0.15) is 11.6 Å². The molecule has 0 saturated heterocycles. The van der Waals surface area contributed by atoms with Crippen molar-refractivity contribution >= 4 is 5.78 Å². The van der Waals surface area contributed by atoms with E-state index in [9.17, 15) is 13.6 Å². The number of Topliss-reactive ketones (excluding diaryl/α,β-unsaturated/α-hetero) is 1. The van der Waals surface area contributed by atoms with E-state index in [-0.39, 0.29) is 17.3 Å². The van der Waals surface area contributed by atoms with E-state index in [2.05, 4.69) is 0 Å². The number of aryl methyl sites for hydroxylation is 1. The second-order valence-electron chi connectivity index (χ2n) is 4.60. The van der Waals surface area contributed by atoms with Crippen molar-refractivity contribution in [1.29, 1.82) is 0 Å². The molecular formula is C14H18F2O. The number of carbonyl (C=O) groups is 1. The Kier molecular flexibility index (Phi) is 4.79. The Morgan fingerprint density at radius 1 is 1.29 bits per heavy atom. The molecular weight excluding hydrogens is 222 g/mol. The Bertz CT molecular complexity index is 413. The molecule has 0 spiro atoms. The van der Waals surface area contributed by atoms with Crippen LogP contribution in [0, 0.1) is 24.5 Å². The highest BCUT2D eigenvalue weighted by Gasteiger charge is 2.16. The lowest BCUT2D eigenvalue weighted by Gasteiger charge is -2.10. The maximum atomic E-state index is 13.5. The minimum Gasteiger partial charge on any atom is -0.294 e. The highest BCUT2D eigenvalue weighted by Crippen LogP contribution is 2.19. The van der Waals surface area contributed by atoms with Gasteiger partial charge < -0.3 is 0 Å². The van der Waals surface area contributed by atoms with Crippen LogP contribution in [0.2, 0.25) is 0 Å². The molecule has 1 rings (SSSR count). The van der Waals surface area contributed by atoms with E-state index < -0.39 is 11.6 Å². The van der Waals surface area contributed by atoms with Crippen molar-refractivity contribution in [2.45, 2.75) is 40.0 Å². The Morgan fingerprint density at radius 2 is 1.94 bits per heavy atom. The standard InChI is InChI=1S/C14H18F2O/c1-4-5-9(2)6-14(17)11-7-10(3)12(15)8-13(11)16/h7-9H,4-6H2,1-3H3. The van der Waals surface area contributed by atoms with Gasteiger partial charge >= 0.3 is 0 Å². The topological polar surface area (TPSA) is 17.1 Å². The summed E-state index contributed by atoms with van der Waals surface area (Å²) in [5.41, 5.74) is 0.310. The predicted molar refractivity (Wildman–Crippen MR) is 64.1 cm³/mol. The SMILES string of the molecule is CCCC(C)CC(=O)c1cc(C)c(F)cc1F. The molecule has 0 radical (unpaired) electrons. The molecule has 3 heteroatoms. The summed E-state index contributed by atoms with van der Waals surface area (Å²) in [5.74, 6) is -1.38. The van der Waals surface area contributed by atoms with Gasteiger partial charge in [0.2, 0.25) is 0 Å². The van der Waals surface area contributed by atoms with Crippen molar-refractivity contribution in [3.63, 3.8) is 0 Å². The molecule has 0 saturated carbocycles. The summed E-state index contributed by atoms with van der Waals surface area (Å²) in [6.45, 7) is 5.54. The van der Waals surface area contributed by atoms with Gasteiger partial charge in [-0.3, -0.25) is 4.79 Å². The van der Waals surface area contributed by atoms with Gasteiger partial charge in [0.25, 0.3) is 0 Å². The lowest BCUT2D eigenvalue weighted by atomic mass is 9.95. The molecule has 0 amide bonds. The highest BCUT2D eigenvalue weighted by atomic mass is 19.1. The summed E-state index contributed by atoms with van der Waals surface area (Å²) in [4.78, 5) is 11.9. The van der Waals surface area contributed by atoms with Gasteiger partial charge in [-0.1, -0.05) is 26.7 Å². The van der Waals surface area contributed by atoms with E-state index in [1.54, 1.807) is 0 Å². The Hall–Kier alpha value is -1.25. The quantitative estimate of drug-likeness (QED) is 0.702. The van der Waals surface area contributed by atoms with Crippen LogP contribution in [0.1, 0.15) is 49.0 Å². The van der Waals surface area contributed by atoms with Gasteiger partial charge in [-0.05, 0) is 24.5 Å². The Labute approximate surface area is 101 Å². The summed E-state index contributed by atoms with van der Waals surface area (Å²) in [7, 11) is 0. The highest BCUT2D eigenvalue weighted by molar-refractivity contribution is 5.96. The zero-order valence-electron chi connectivity index (χ0n) is 10.5. The minimum absolute atomic E-state index is 0.00635. The molecule has 94 valence electrons. The summed E-state index contributed by atoms with van der Waals surface area (Å²) >= 11 is 0. The lowest BCUT2D eigenvalue weighted by molar-refractivity contribution is 0.0958. The zero-order valence-corrected chi connectivity index (χ0v) is 10.5. The maximum Gasteiger partial charge on any atom is 0.166 e. The molecule has 1 atom stereocenters. The van der Waals surface area contributed by atoms with E-state index in [1.807, 2.05) is 13.8 Å². The van der Waals surface area contributed by atoms with Gasteiger partial charge in [0.05, 0.1) is 5.56 Å². The molecule has 0 aliphatic rings. The van der Waals surface area contributed by atoms with Gasteiger partial charge in [-0.2, -0.15) is 0 Å². The average molecular weight is 240 g/mol. The molecule has 0 N–H and O–H groups in total. The maximum absolute atomic E-state index is 13.5. The predicted octanol–water partition coefficient (Wildman–Crippen LogP) is 4.28. The molecule has 0 aliphatic carbocycles. The third kappa shape index (κ3) is 3.62. The average Bonchev–Trinajstić information content (AvgIpc) is 2.23.